The molecule has 0 saturated heterocycles. The monoisotopic (exact) mass is 360 g/mol. The van der Waals surface area contributed by atoms with Gasteiger partial charge >= 0.3 is 11.8 Å². The van der Waals surface area contributed by atoms with Crippen molar-refractivity contribution in [3.05, 3.63) is 27.8 Å². The molecule has 96 valence electrons. The van der Waals surface area contributed by atoms with Crippen LogP contribution in [0.4, 0.5) is 5.69 Å². The molecule has 1 aromatic rings. The molecule has 0 bridgehead atoms. The largest absolute Gasteiger partial charge is 0.394 e. The number of carbonyl (C=O) groups excluding carboxylic acids is 2. The number of para-hydroxylation sites is 1. The highest BCUT2D eigenvalue weighted by Gasteiger charge is 2.44. The first kappa shape index (κ1) is 13.3. The summed E-state index contributed by atoms with van der Waals surface area (Å²) in [4.78, 5) is 23.3. The van der Waals surface area contributed by atoms with E-state index in [0.717, 1.165) is 3.57 Å². The maximum Gasteiger partial charge on any atom is 0.313 e. The van der Waals surface area contributed by atoms with Crippen molar-refractivity contribution >= 4 is 40.1 Å². The lowest BCUT2D eigenvalue weighted by Gasteiger charge is -2.14. The minimum atomic E-state index is -0.709. The summed E-state index contributed by atoms with van der Waals surface area (Å²) >= 11 is 2.08. The van der Waals surface area contributed by atoms with E-state index < -0.39 is 17.4 Å². The standard InChI is InChI=1S/C12H13IN2O3/c13-8-3-1-2-4-9(8)14-10(17)11(18)15-12(7-16)5-6-12/h1-4,16H,5-7H2,(H,14,17)(H,15,18). The van der Waals surface area contributed by atoms with E-state index in [1.54, 1.807) is 12.1 Å². The Morgan fingerprint density at radius 2 is 1.94 bits per heavy atom. The van der Waals surface area contributed by atoms with E-state index >= 15 is 0 Å². The third-order valence-corrected chi connectivity index (χ3v) is 3.80. The quantitative estimate of drug-likeness (QED) is 0.553. The summed E-state index contributed by atoms with van der Waals surface area (Å²) in [5.74, 6) is -1.42. The fraction of sp³-hybridized carbons (Fsp3) is 0.333. The summed E-state index contributed by atoms with van der Waals surface area (Å²) in [5, 5.41) is 14.2. The second kappa shape index (κ2) is 5.23. The van der Waals surface area contributed by atoms with Crippen molar-refractivity contribution in [2.24, 2.45) is 0 Å². The number of carbonyl (C=O) groups is 2. The van der Waals surface area contributed by atoms with Crippen molar-refractivity contribution in [1.29, 1.82) is 0 Å². The van der Waals surface area contributed by atoms with Crippen LogP contribution in [0.2, 0.25) is 0 Å². The molecule has 0 aliphatic heterocycles. The summed E-state index contributed by atoms with van der Waals surface area (Å²) in [6.07, 6.45) is 1.43. The number of anilines is 1. The van der Waals surface area contributed by atoms with Crippen LogP contribution in [0, 0.1) is 3.57 Å². The molecule has 1 saturated carbocycles. The number of nitrogens with one attached hydrogen (secondary N) is 2. The van der Waals surface area contributed by atoms with Crippen LogP contribution in [-0.4, -0.2) is 29.1 Å². The van der Waals surface area contributed by atoms with Gasteiger partial charge in [0, 0.05) is 3.57 Å². The first-order chi connectivity index (χ1) is 8.56. The van der Waals surface area contributed by atoms with Crippen LogP contribution in [0.25, 0.3) is 0 Å². The number of hydrogen-bond donors (Lipinski definition) is 3. The maximum atomic E-state index is 11.7. The van der Waals surface area contributed by atoms with Gasteiger partial charge in [-0.2, -0.15) is 0 Å². The van der Waals surface area contributed by atoms with Gasteiger partial charge in [-0.3, -0.25) is 9.59 Å². The van der Waals surface area contributed by atoms with Crippen molar-refractivity contribution < 1.29 is 14.7 Å². The average Bonchev–Trinajstić information content (AvgIpc) is 3.12. The second-order valence-electron chi connectivity index (χ2n) is 4.33. The highest BCUT2D eigenvalue weighted by Crippen LogP contribution is 2.34. The Balaban J connectivity index is 1.96. The normalized spacial score (nSPS) is 15.9. The zero-order chi connectivity index (χ0) is 13.2. The number of aliphatic hydroxyl groups is 1. The molecule has 2 rings (SSSR count). The second-order valence-corrected chi connectivity index (χ2v) is 5.49. The van der Waals surface area contributed by atoms with Crippen molar-refractivity contribution in [3.63, 3.8) is 0 Å². The van der Waals surface area contributed by atoms with Crippen molar-refractivity contribution in [1.82, 2.24) is 5.32 Å². The smallest absolute Gasteiger partial charge is 0.313 e. The van der Waals surface area contributed by atoms with E-state index in [1.807, 2.05) is 12.1 Å². The summed E-state index contributed by atoms with van der Waals surface area (Å²) in [7, 11) is 0. The molecule has 0 unspecified atom stereocenters. The molecule has 5 nitrogen and oxygen atoms in total. The van der Waals surface area contributed by atoms with Crippen LogP contribution in [0.15, 0.2) is 24.3 Å². The van der Waals surface area contributed by atoms with E-state index in [-0.39, 0.29) is 6.61 Å². The van der Waals surface area contributed by atoms with E-state index in [2.05, 4.69) is 33.2 Å². The lowest BCUT2D eigenvalue weighted by molar-refractivity contribution is -0.137. The van der Waals surface area contributed by atoms with Gasteiger partial charge in [0.05, 0.1) is 17.8 Å². The Hall–Kier alpha value is -1.15. The molecule has 6 heteroatoms. The Morgan fingerprint density at radius 1 is 1.28 bits per heavy atom. The van der Waals surface area contributed by atoms with Crippen molar-refractivity contribution in [2.75, 3.05) is 11.9 Å². The van der Waals surface area contributed by atoms with Gasteiger partial charge in [0.15, 0.2) is 0 Å². The molecular weight excluding hydrogens is 347 g/mol. The molecule has 0 heterocycles. The Labute approximate surface area is 118 Å². The summed E-state index contributed by atoms with van der Waals surface area (Å²) in [5.41, 5.74) is 0.0326. The maximum absolute atomic E-state index is 11.7. The van der Waals surface area contributed by atoms with Crippen molar-refractivity contribution in [2.45, 2.75) is 18.4 Å². The molecule has 18 heavy (non-hydrogen) atoms. The highest BCUT2D eigenvalue weighted by atomic mass is 127. The third-order valence-electron chi connectivity index (χ3n) is 2.86. The topological polar surface area (TPSA) is 78.4 Å². The predicted octanol–water partition coefficient (Wildman–Crippen LogP) is 0.871. The van der Waals surface area contributed by atoms with Gasteiger partial charge in [-0.15, -0.1) is 0 Å². The van der Waals surface area contributed by atoms with Crippen LogP contribution in [0.3, 0.4) is 0 Å². The number of benzene rings is 1. The molecule has 1 aliphatic carbocycles. The van der Waals surface area contributed by atoms with Gasteiger partial charge in [-0.25, -0.2) is 0 Å². The first-order valence-corrected chi connectivity index (χ1v) is 6.63. The minimum Gasteiger partial charge on any atom is -0.394 e. The lowest BCUT2D eigenvalue weighted by atomic mass is 10.3. The first-order valence-electron chi connectivity index (χ1n) is 5.55. The van der Waals surface area contributed by atoms with Crippen LogP contribution in [-0.2, 0) is 9.59 Å². The molecule has 0 aromatic heterocycles. The molecule has 3 N–H and O–H groups in total. The van der Waals surface area contributed by atoms with E-state index in [1.165, 1.54) is 0 Å². The number of aliphatic hydroxyl groups excluding tert-OH is 1. The van der Waals surface area contributed by atoms with E-state index in [9.17, 15) is 9.59 Å². The average molecular weight is 360 g/mol. The fourth-order valence-corrected chi connectivity index (χ4v) is 2.04. The zero-order valence-corrected chi connectivity index (χ0v) is 11.7. The SMILES string of the molecule is O=C(Nc1ccccc1I)C(=O)NC1(CO)CC1. The van der Waals surface area contributed by atoms with Gasteiger partial charge in [-0.1, -0.05) is 12.1 Å². The molecule has 0 spiro atoms. The number of amides is 2. The van der Waals surface area contributed by atoms with Crippen LogP contribution in [0.5, 0.6) is 0 Å². The van der Waals surface area contributed by atoms with Gasteiger partial charge in [0.2, 0.25) is 0 Å². The van der Waals surface area contributed by atoms with E-state index in [0.29, 0.717) is 18.5 Å². The summed E-state index contributed by atoms with van der Waals surface area (Å²) < 4.78 is 0.861. The van der Waals surface area contributed by atoms with Gasteiger partial charge < -0.3 is 15.7 Å². The molecular formula is C12H13IN2O3. The van der Waals surface area contributed by atoms with Gasteiger partial charge in [-0.05, 0) is 47.6 Å². The van der Waals surface area contributed by atoms with E-state index in [4.69, 9.17) is 5.11 Å². The Bertz CT molecular complexity index is 486. The highest BCUT2D eigenvalue weighted by molar-refractivity contribution is 14.1. The van der Waals surface area contributed by atoms with Crippen LogP contribution in [0.1, 0.15) is 12.8 Å². The molecule has 2 amide bonds. The number of rotatable bonds is 3. The van der Waals surface area contributed by atoms with Crippen molar-refractivity contribution in [3.8, 4) is 0 Å². The van der Waals surface area contributed by atoms with Crippen LogP contribution >= 0.6 is 22.6 Å². The zero-order valence-electron chi connectivity index (χ0n) is 9.57. The molecule has 1 aliphatic rings. The third kappa shape index (κ3) is 2.99. The predicted molar refractivity (Wildman–Crippen MR) is 75.0 cm³/mol. The summed E-state index contributed by atoms with van der Waals surface area (Å²) in [6.45, 7) is -0.130. The minimum absolute atomic E-state index is 0.130. The Kier molecular flexibility index (Phi) is 3.86. The van der Waals surface area contributed by atoms with Crippen LogP contribution < -0.4 is 10.6 Å². The molecule has 1 aromatic carbocycles. The number of hydrogen-bond acceptors (Lipinski definition) is 3. The summed E-state index contributed by atoms with van der Waals surface area (Å²) in [6, 6.07) is 7.20. The molecule has 0 atom stereocenters. The number of halogens is 1. The van der Waals surface area contributed by atoms with Gasteiger partial charge in [0.25, 0.3) is 0 Å². The molecule has 1 fully saturated rings. The molecule has 0 radical (unpaired) electrons. The lowest BCUT2D eigenvalue weighted by Crippen LogP contribution is -2.45. The van der Waals surface area contributed by atoms with Gasteiger partial charge in [0.1, 0.15) is 0 Å². The Morgan fingerprint density at radius 3 is 2.50 bits per heavy atom. The fourth-order valence-electron chi connectivity index (χ4n) is 1.51.